The topological polar surface area (TPSA) is 12.5 Å². The normalized spacial score (nSPS) is 11.8. The number of thiophene rings is 1. The minimum Gasteiger partial charge on any atom is -0.456 e. The number of ether oxygens (including phenoxy) is 1. The fraction of sp³-hybridized carbons (Fsp3) is 0. The summed E-state index contributed by atoms with van der Waals surface area (Å²) in [6.45, 7) is 0. The summed E-state index contributed by atoms with van der Waals surface area (Å²) in [6.07, 6.45) is 0. The van der Waals surface area contributed by atoms with Crippen LogP contribution in [0.2, 0.25) is 0 Å². The molecule has 3 heteroatoms. The molecular weight excluding hydrogens is 687 g/mol. The number of anilines is 3. The number of benzene rings is 9. The Bertz CT molecular complexity index is 3070. The highest BCUT2D eigenvalue weighted by atomic mass is 32.1. The van der Waals surface area contributed by atoms with Gasteiger partial charge in [0.25, 0.3) is 0 Å². The largest absolute Gasteiger partial charge is 0.456 e. The van der Waals surface area contributed by atoms with Crippen LogP contribution in [0.5, 0.6) is 11.5 Å². The summed E-state index contributed by atoms with van der Waals surface area (Å²) in [4.78, 5) is 2.40. The van der Waals surface area contributed by atoms with Crippen molar-refractivity contribution in [3.8, 4) is 56.0 Å². The number of para-hydroxylation sites is 1. The Labute approximate surface area is 323 Å². The first-order valence-electron chi connectivity index (χ1n) is 18.7. The van der Waals surface area contributed by atoms with Crippen LogP contribution in [0, 0.1) is 0 Å². The quantitative estimate of drug-likeness (QED) is 0.176. The fourth-order valence-electron chi connectivity index (χ4n) is 8.30. The summed E-state index contributed by atoms with van der Waals surface area (Å²) in [5.74, 6) is 1.67. The van der Waals surface area contributed by atoms with E-state index >= 15 is 0 Å². The SMILES string of the molecule is c1ccc(-c2ccc3c(c2)Oc2cc(N(c4ccc5sc6ccccc6c5c4)c4ccccc4-c4ccccc4)ccc2-c2c-3ccc3ccccc23)cc1. The van der Waals surface area contributed by atoms with Crippen LogP contribution in [0.3, 0.4) is 0 Å². The van der Waals surface area contributed by atoms with E-state index in [4.69, 9.17) is 4.74 Å². The number of fused-ring (bicyclic) bond motifs is 10. The zero-order valence-corrected chi connectivity index (χ0v) is 30.6. The molecule has 0 aliphatic carbocycles. The first kappa shape index (κ1) is 31.6. The first-order valence-corrected chi connectivity index (χ1v) is 19.5. The second-order valence-corrected chi connectivity index (χ2v) is 15.1. The molecule has 0 atom stereocenters. The van der Waals surface area contributed by atoms with E-state index in [-0.39, 0.29) is 0 Å². The number of nitrogens with zero attached hydrogens (tertiary/aromatic N) is 1. The van der Waals surface area contributed by atoms with Crippen molar-refractivity contribution >= 4 is 59.3 Å². The predicted molar refractivity (Wildman–Crippen MR) is 233 cm³/mol. The van der Waals surface area contributed by atoms with Gasteiger partial charge in [-0.1, -0.05) is 140 Å². The molecule has 0 unspecified atom stereocenters. The van der Waals surface area contributed by atoms with E-state index in [9.17, 15) is 0 Å². The Morgan fingerprint density at radius 2 is 1.00 bits per heavy atom. The van der Waals surface area contributed by atoms with E-state index in [2.05, 4.69) is 205 Å². The van der Waals surface area contributed by atoms with Crippen molar-refractivity contribution < 1.29 is 4.74 Å². The molecule has 2 heterocycles. The molecular formula is C52H33NOS. The minimum atomic E-state index is 0.823. The maximum Gasteiger partial charge on any atom is 0.137 e. The van der Waals surface area contributed by atoms with Crippen molar-refractivity contribution in [3.63, 3.8) is 0 Å². The Morgan fingerprint density at radius 1 is 0.364 bits per heavy atom. The van der Waals surface area contributed by atoms with Crippen LogP contribution in [-0.2, 0) is 0 Å². The van der Waals surface area contributed by atoms with E-state index in [0.29, 0.717) is 0 Å². The molecule has 1 aromatic heterocycles. The molecule has 1 aliphatic rings. The molecule has 0 amide bonds. The molecule has 0 saturated carbocycles. The molecule has 55 heavy (non-hydrogen) atoms. The highest BCUT2D eigenvalue weighted by Crippen LogP contribution is 2.52. The molecule has 11 rings (SSSR count). The number of hydrogen-bond acceptors (Lipinski definition) is 3. The van der Waals surface area contributed by atoms with Crippen LogP contribution in [0.1, 0.15) is 0 Å². The molecule has 258 valence electrons. The second kappa shape index (κ2) is 12.9. The predicted octanol–water partition coefficient (Wildman–Crippen LogP) is 15.5. The lowest BCUT2D eigenvalue weighted by atomic mass is 9.89. The van der Waals surface area contributed by atoms with Crippen molar-refractivity contribution in [2.24, 2.45) is 0 Å². The van der Waals surface area contributed by atoms with Gasteiger partial charge in [0.15, 0.2) is 0 Å². The van der Waals surface area contributed by atoms with E-state index in [1.54, 1.807) is 0 Å². The van der Waals surface area contributed by atoms with Gasteiger partial charge in [0.2, 0.25) is 0 Å². The number of hydrogen-bond donors (Lipinski definition) is 0. The summed E-state index contributed by atoms with van der Waals surface area (Å²) in [7, 11) is 0. The number of rotatable bonds is 5. The lowest BCUT2D eigenvalue weighted by Gasteiger charge is -2.29. The van der Waals surface area contributed by atoms with Crippen molar-refractivity contribution in [3.05, 3.63) is 200 Å². The standard InChI is InChI=1S/C52H33NOS/c1-3-13-34(14-4-1)37-24-27-42-44-28-23-36-17-7-8-19-41(36)52(44)45-29-25-39(33-49(45)54-48(42)31-37)53(47-21-11-9-18-40(47)35-15-5-2-6-16-35)38-26-30-51-46(32-38)43-20-10-12-22-50(43)55-51/h1-33H. The zero-order chi connectivity index (χ0) is 36.3. The van der Waals surface area contributed by atoms with Gasteiger partial charge in [-0.05, 0) is 87.6 Å². The van der Waals surface area contributed by atoms with Crippen LogP contribution in [0.15, 0.2) is 200 Å². The van der Waals surface area contributed by atoms with Crippen molar-refractivity contribution in [2.45, 2.75) is 0 Å². The van der Waals surface area contributed by atoms with Crippen molar-refractivity contribution in [2.75, 3.05) is 4.90 Å². The first-order chi connectivity index (χ1) is 27.3. The average Bonchev–Trinajstić information content (AvgIpc) is 3.55. The third-order valence-corrected chi connectivity index (χ3v) is 12.0. The van der Waals surface area contributed by atoms with Gasteiger partial charge in [-0.2, -0.15) is 0 Å². The molecule has 9 aromatic carbocycles. The third-order valence-electron chi connectivity index (χ3n) is 10.9. The van der Waals surface area contributed by atoms with Crippen molar-refractivity contribution in [1.29, 1.82) is 0 Å². The van der Waals surface area contributed by atoms with E-state index in [1.165, 1.54) is 47.6 Å². The van der Waals surface area contributed by atoms with Crippen molar-refractivity contribution in [1.82, 2.24) is 0 Å². The molecule has 0 radical (unpaired) electrons. The smallest absolute Gasteiger partial charge is 0.137 e. The zero-order valence-electron chi connectivity index (χ0n) is 29.8. The summed E-state index contributed by atoms with van der Waals surface area (Å²) < 4.78 is 9.74. The monoisotopic (exact) mass is 719 g/mol. The van der Waals surface area contributed by atoms with Gasteiger partial charge in [-0.3, -0.25) is 0 Å². The Balaban J connectivity index is 1.16. The van der Waals surface area contributed by atoms with E-state index in [0.717, 1.165) is 56.4 Å². The molecule has 10 aromatic rings. The van der Waals surface area contributed by atoms with Gasteiger partial charge in [0, 0.05) is 59.9 Å². The van der Waals surface area contributed by atoms with Crippen LogP contribution < -0.4 is 9.64 Å². The average molecular weight is 720 g/mol. The van der Waals surface area contributed by atoms with Gasteiger partial charge in [-0.15, -0.1) is 11.3 Å². The van der Waals surface area contributed by atoms with Gasteiger partial charge in [-0.25, -0.2) is 0 Å². The fourth-order valence-corrected chi connectivity index (χ4v) is 9.38. The molecule has 1 aliphatic heterocycles. The highest BCUT2D eigenvalue weighted by molar-refractivity contribution is 7.25. The minimum absolute atomic E-state index is 0.823. The summed E-state index contributed by atoms with van der Waals surface area (Å²) in [6, 6.07) is 72.1. The molecule has 0 spiro atoms. The van der Waals surface area contributed by atoms with Crippen LogP contribution in [0.25, 0.3) is 75.5 Å². The van der Waals surface area contributed by atoms with Crippen LogP contribution in [0.4, 0.5) is 17.1 Å². The Kier molecular flexibility index (Phi) is 7.39. The Hall–Kier alpha value is -6.94. The van der Waals surface area contributed by atoms with Gasteiger partial charge in [0.1, 0.15) is 11.5 Å². The molecule has 0 N–H and O–H groups in total. The Morgan fingerprint density at radius 3 is 1.87 bits per heavy atom. The van der Waals surface area contributed by atoms with Crippen LogP contribution >= 0.6 is 11.3 Å². The lowest BCUT2D eigenvalue weighted by Crippen LogP contribution is -2.11. The van der Waals surface area contributed by atoms with Crippen LogP contribution in [-0.4, -0.2) is 0 Å². The maximum atomic E-state index is 7.16. The molecule has 0 saturated heterocycles. The highest BCUT2D eigenvalue weighted by Gasteiger charge is 2.26. The van der Waals surface area contributed by atoms with E-state index < -0.39 is 0 Å². The van der Waals surface area contributed by atoms with Gasteiger partial charge < -0.3 is 9.64 Å². The maximum absolute atomic E-state index is 7.16. The molecule has 2 nitrogen and oxygen atoms in total. The second-order valence-electron chi connectivity index (χ2n) is 14.1. The molecule has 0 fully saturated rings. The summed E-state index contributed by atoms with van der Waals surface area (Å²) in [5, 5.41) is 4.95. The third kappa shape index (κ3) is 5.32. The summed E-state index contributed by atoms with van der Waals surface area (Å²) >= 11 is 1.84. The molecule has 0 bridgehead atoms. The summed E-state index contributed by atoms with van der Waals surface area (Å²) in [5.41, 5.74) is 12.3. The van der Waals surface area contributed by atoms with Gasteiger partial charge in [0.05, 0.1) is 5.69 Å². The van der Waals surface area contributed by atoms with E-state index in [1.807, 2.05) is 11.3 Å². The van der Waals surface area contributed by atoms with Gasteiger partial charge >= 0.3 is 0 Å². The lowest BCUT2D eigenvalue weighted by molar-refractivity contribution is 0.488.